The number of rotatable bonds is 10. The maximum absolute atomic E-state index is 2.37. The highest BCUT2D eigenvalue weighted by Gasteiger charge is 2.18. The highest BCUT2D eigenvalue weighted by atomic mass is 15.1. The summed E-state index contributed by atoms with van der Waals surface area (Å²) in [5.41, 5.74) is 16.3. The molecule has 11 aromatic rings. The van der Waals surface area contributed by atoms with Crippen LogP contribution in [0.25, 0.3) is 66.1 Å². The SMILES string of the molecule is c1ccc(-c2ccc(-c3cccc(-c4ccc5cc(N(c6ccccc6)c6ccccc6)ccc5c4)c3-c3ccc4cc(N(c5ccccc5)c5ccccc5)ccc4c3)cc2)cc1. The van der Waals surface area contributed by atoms with Crippen molar-refractivity contribution in [2.75, 3.05) is 9.80 Å². The lowest BCUT2D eigenvalue weighted by molar-refractivity contribution is 1.29. The number of para-hydroxylation sites is 4. The molecular weight excluding hydrogens is 773 g/mol. The number of fused-ring (bicyclic) bond motifs is 2. The van der Waals surface area contributed by atoms with E-state index in [1.54, 1.807) is 0 Å². The Kier molecular flexibility index (Phi) is 10.3. The first-order valence-electron chi connectivity index (χ1n) is 21.9. The number of anilines is 6. The van der Waals surface area contributed by atoms with Crippen LogP contribution in [-0.2, 0) is 0 Å². The van der Waals surface area contributed by atoms with Crippen LogP contribution in [0.2, 0.25) is 0 Å². The Morgan fingerprint density at radius 3 is 0.984 bits per heavy atom. The summed E-state index contributed by atoms with van der Waals surface area (Å²) in [6.07, 6.45) is 0. The summed E-state index contributed by atoms with van der Waals surface area (Å²) in [5, 5.41) is 4.76. The van der Waals surface area contributed by atoms with Crippen molar-refractivity contribution in [3.8, 4) is 44.5 Å². The molecule has 0 fully saturated rings. The minimum atomic E-state index is 1.12. The van der Waals surface area contributed by atoms with E-state index in [-0.39, 0.29) is 0 Å². The largest absolute Gasteiger partial charge is 0.310 e. The van der Waals surface area contributed by atoms with Crippen LogP contribution >= 0.6 is 0 Å². The summed E-state index contributed by atoms with van der Waals surface area (Å²) >= 11 is 0. The lowest BCUT2D eigenvalue weighted by atomic mass is 9.86. The average Bonchev–Trinajstić information content (AvgIpc) is 3.37. The molecule has 0 bridgehead atoms. The molecule has 2 heteroatoms. The van der Waals surface area contributed by atoms with Gasteiger partial charge in [-0.25, -0.2) is 0 Å². The third-order valence-electron chi connectivity index (χ3n) is 12.2. The van der Waals surface area contributed by atoms with E-state index in [0.717, 1.165) is 34.1 Å². The van der Waals surface area contributed by atoms with Gasteiger partial charge in [0.15, 0.2) is 0 Å². The van der Waals surface area contributed by atoms with Gasteiger partial charge in [-0.15, -0.1) is 0 Å². The second-order valence-corrected chi connectivity index (χ2v) is 16.2. The van der Waals surface area contributed by atoms with Gasteiger partial charge in [0.05, 0.1) is 0 Å². The van der Waals surface area contributed by atoms with Crippen molar-refractivity contribution in [2.24, 2.45) is 0 Å². The zero-order valence-electron chi connectivity index (χ0n) is 35.3. The quantitative estimate of drug-likeness (QED) is 0.136. The van der Waals surface area contributed by atoms with Crippen LogP contribution in [0.5, 0.6) is 0 Å². The van der Waals surface area contributed by atoms with Gasteiger partial charge in [-0.2, -0.15) is 0 Å². The average molecular weight is 817 g/mol. The van der Waals surface area contributed by atoms with Crippen LogP contribution in [-0.4, -0.2) is 0 Å². The van der Waals surface area contributed by atoms with Crippen LogP contribution < -0.4 is 9.80 Å². The van der Waals surface area contributed by atoms with E-state index < -0.39 is 0 Å². The van der Waals surface area contributed by atoms with E-state index in [9.17, 15) is 0 Å². The van der Waals surface area contributed by atoms with Crippen molar-refractivity contribution in [3.63, 3.8) is 0 Å². The van der Waals surface area contributed by atoms with Gasteiger partial charge in [0.25, 0.3) is 0 Å². The molecule has 0 atom stereocenters. The molecule has 64 heavy (non-hydrogen) atoms. The zero-order valence-corrected chi connectivity index (χ0v) is 35.3. The predicted octanol–water partition coefficient (Wildman–Crippen LogP) is 17.6. The molecule has 0 aliphatic rings. The van der Waals surface area contributed by atoms with Crippen LogP contribution in [0.15, 0.2) is 267 Å². The van der Waals surface area contributed by atoms with Crippen molar-refractivity contribution in [3.05, 3.63) is 267 Å². The lowest BCUT2D eigenvalue weighted by Crippen LogP contribution is -2.09. The monoisotopic (exact) mass is 816 g/mol. The maximum Gasteiger partial charge on any atom is 0.0468 e. The van der Waals surface area contributed by atoms with Crippen LogP contribution in [0, 0.1) is 0 Å². The molecule has 0 heterocycles. The molecule has 0 aliphatic carbocycles. The van der Waals surface area contributed by atoms with Gasteiger partial charge in [-0.3, -0.25) is 0 Å². The first-order chi connectivity index (χ1) is 31.7. The van der Waals surface area contributed by atoms with Crippen molar-refractivity contribution >= 4 is 55.7 Å². The fourth-order valence-corrected chi connectivity index (χ4v) is 9.09. The van der Waals surface area contributed by atoms with Gasteiger partial charge >= 0.3 is 0 Å². The van der Waals surface area contributed by atoms with Gasteiger partial charge in [0.1, 0.15) is 0 Å². The van der Waals surface area contributed by atoms with Crippen LogP contribution in [0.4, 0.5) is 34.1 Å². The third kappa shape index (κ3) is 7.59. The molecule has 11 aromatic carbocycles. The summed E-state index contributed by atoms with van der Waals surface area (Å²) in [6.45, 7) is 0. The van der Waals surface area contributed by atoms with Gasteiger partial charge in [-0.05, 0) is 151 Å². The van der Waals surface area contributed by atoms with Gasteiger partial charge < -0.3 is 9.80 Å². The fourth-order valence-electron chi connectivity index (χ4n) is 9.09. The molecule has 302 valence electrons. The Labute approximate surface area is 375 Å². The molecule has 0 radical (unpaired) electrons. The highest BCUT2D eigenvalue weighted by molar-refractivity contribution is 6.01. The molecular formula is C62H44N2. The van der Waals surface area contributed by atoms with E-state index in [1.807, 2.05) is 0 Å². The number of hydrogen-bond acceptors (Lipinski definition) is 2. The van der Waals surface area contributed by atoms with Crippen molar-refractivity contribution in [1.82, 2.24) is 0 Å². The lowest BCUT2D eigenvalue weighted by Gasteiger charge is -2.26. The smallest absolute Gasteiger partial charge is 0.0468 e. The second kappa shape index (κ2) is 17.1. The maximum atomic E-state index is 2.37. The molecule has 0 aliphatic heterocycles. The van der Waals surface area contributed by atoms with Crippen LogP contribution in [0.3, 0.4) is 0 Å². The number of nitrogens with zero attached hydrogens (tertiary/aromatic N) is 2. The summed E-state index contributed by atoms with van der Waals surface area (Å²) in [5.74, 6) is 0. The molecule has 0 saturated heterocycles. The van der Waals surface area contributed by atoms with E-state index in [1.165, 1.54) is 66.1 Å². The van der Waals surface area contributed by atoms with E-state index in [0.29, 0.717) is 0 Å². The Morgan fingerprint density at radius 1 is 0.188 bits per heavy atom. The summed E-state index contributed by atoms with van der Waals surface area (Å²) in [7, 11) is 0. The van der Waals surface area contributed by atoms with Crippen LogP contribution in [0.1, 0.15) is 0 Å². The first kappa shape index (κ1) is 38.5. The number of benzene rings is 11. The topological polar surface area (TPSA) is 6.48 Å². The molecule has 0 spiro atoms. The van der Waals surface area contributed by atoms with Crippen molar-refractivity contribution < 1.29 is 0 Å². The molecule has 11 rings (SSSR count). The second-order valence-electron chi connectivity index (χ2n) is 16.2. The predicted molar refractivity (Wildman–Crippen MR) is 273 cm³/mol. The molecule has 0 N–H and O–H groups in total. The third-order valence-corrected chi connectivity index (χ3v) is 12.2. The Morgan fingerprint density at radius 2 is 0.516 bits per heavy atom. The summed E-state index contributed by atoms with van der Waals surface area (Å²) in [4.78, 5) is 4.64. The van der Waals surface area contributed by atoms with E-state index >= 15 is 0 Å². The van der Waals surface area contributed by atoms with Gasteiger partial charge in [0.2, 0.25) is 0 Å². The number of hydrogen-bond donors (Lipinski definition) is 0. The zero-order chi connectivity index (χ0) is 42.7. The fraction of sp³-hybridized carbons (Fsp3) is 0. The van der Waals surface area contributed by atoms with Gasteiger partial charge in [0, 0.05) is 34.1 Å². The Balaban J connectivity index is 1.03. The molecule has 0 saturated carbocycles. The first-order valence-corrected chi connectivity index (χ1v) is 21.9. The molecule has 2 nitrogen and oxygen atoms in total. The Hall–Kier alpha value is -8.46. The summed E-state index contributed by atoms with van der Waals surface area (Å²) < 4.78 is 0. The van der Waals surface area contributed by atoms with Crippen molar-refractivity contribution in [2.45, 2.75) is 0 Å². The molecule has 0 amide bonds. The standard InChI is InChI=1S/C62H44N2/c1-6-17-45(18-7-1)46-29-31-47(32-30-46)60-27-16-28-61(52-35-33-50-43-58(39-37-48(50)41-52)63(54-19-8-2-9-20-54)55-21-10-3-11-22-55)62(60)53-36-34-51-44-59(40-38-49(51)42-53)64(56-23-12-4-13-24-56)57-25-14-5-15-26-57/h1-44H. The van der Waals surface area contributed by atoms with E-state index in [2.05, 4.69) is 277 Å². The summed E-state index contributed by atoms with van der Waals surface area (Å²) in [6, 6.07) is 96.3. The normalized spacial score (nSPS) is 11.1. The molecule has 0 aromatic heterocycles. The van der Waals surface area contributed by atoms with E-state index in [4.69, 9.17) is 0 Å². The minimum Gasteiger partial charge on any atom is -0.310 e. The van der Waals surface area contributed by atoms with Crippen molar-refractivity contribution in [1.29, 1.82) is 0 Å². The Bertz CT molecular complexity index is 3270. The minimum absolute atomic E-state index is 1.12. The van der Waals surface area contributed by atoms with Gasteiger partial charge in [-0.1, -0.05) is 182 Å². The highest BCUT2D eigenvalue weighted by Crippen LogP contribution is 2.44. The molecule has 0 unspecified atom stereocenters.